The number of carboxylic acid groups (broad SMARTS) is 1. The third kappa shape index (κ3) is 2.86. The number of hydrogen-bond donors (Lipinski definition) is 3. The van der Waals surface area contributed by atoms with Crippen molar-refractivity contribution in [2.24, 2.45) is 7.05 Å². The van der Waals surface area contributed by atoms with Gasteiger partial charge in [-0.1, -0.05) is 0 Å². The number of nitrogens with one attached hydrogen (secondary N) is 1. The number of carbonyl (C=O) groups is 1. The molecular weight excluding hydrogens is 264 g/mol. The summed E-state index contributed by atoms with van der Waals surface area (Å²) in [6.45, 7) is 1.01. The highest BCUT2D eigenvalue weighted by Crippen LogP contribution is 2.25. The monoisotopic (exact) mass is 280 g/mol. The standard InChI is InChI=1S/C12H16N4O4/c1-16-11-8(7-15-16)10(9(6-14-11)12(18)19)13-2-4-20-5-3-17/h6-7,17H,2-5H2,1H3,(H,13,14)(H,18,19). The maximum Gasteiger partial charge on any atom is 0.339 e. The van der Waals surface area contributed by atoms with Gasteiger partial charge in [0.25, 0.3) is 0 Å². The lowest BCUT2D eigenvalue weighted by atomic mass is 10.2. The lowest BCUT2D eigenvalue weighted by Gasteiger charge is -2.10. The molecule has 2 aromatic rings. The van der Waals surface area contributed by atoms with Crippen molar-refractivity contribution in [3.05, 3.63) is 18.0 Å². The molecule has 0 fully saturated rings. The van der Waals surface area contributed by atoms with E-state index < -0.39 is 5.97 Å². The predicted octanol–water partition coefficient (Wildman–Crippen LogP) is 0.0873. The van der Waals surface area contributed by atoms with E-state index in [-0.39, 0.29) is 18.8 Å². The molecule has 0 unspecified atom stereocenters. The van der Waals surface area contributed by atoms with Gasteiger partial charge < -0.3 is 20.3 Å². The molecule has 3 N–H and O–H groups in total. The fourth-order valence-corrected chi connectivity index (χ4v) is 1.86. The number of aliphatic hydroxyl groups is 1. The summed E-state index contributed by atoms with van der Waals surface area (Å²) in [6.07, 6.45) is 2.88. The van der Waals surface area contributed by atoms with Crippen molar-refractivity contribution in [1.82, 2.24) is 14.8 Å². The summed E-state index contributed by atoms with van der Waals surface area (Å²) < 4.78 is 6.70. The highest BCUT2D eigenvalue weighted by atomic mass is 16.5. The molecule has 0 saturated carbocycles. The first-order valence-corrected chi connectivity index (χ1v) is 6.11. The van der Waals surface area contributed by atoms with Gasteiger partial charge in [0.05, 0.1) is 37.1 Å². The van der Waals surface area contributed by atoms with Crippen molar-refractivity contribution in [3.63, 3.8) is 0 Å². The van der Waals surface area contributed by atoms with Gasteiger partial charge in [0.2, 0.25) is 0 Å². The maximum absolute atomic E-state index is 11.2. The highest BCUT2D eigenvalue weighted by Gasteiger charge is 2.16. The number of fused-ring (bicyclic) bond motifs is 1. The van der Waals surface area contributed by atoms with Crippen LogP contribution in [0.5, 0.6) is 0 Å². The van der Waals surface area contributed by atoms with Crippen LogP contribution in [0.25, 0.3) is 11.0 Å². The molecule has 2 heterocycles. The number of hydrogen-bond acceptors (Lipinski definition) is 6. The molecule has 8 heteroatoms. The average Bonchev–Trinajstić information content (AvgIpc) is 2.80. The van der Waals surface area contributed by atoms with Crippen molar-refractivity contribution in [1.29, 1.82) is 0 Å². The Hall–Kier alpha value is -2.19. The van der Waals surface area contributed by atoms with E-state index in [2.05, 4.69) is 15.4 Å². The lowest BCUT2D eigenvalue weighted by molar-refractivity contribution is 0.0697. The van der Waals surface area contributed by atoms with E-state index in [1.807, 2.05) is 0 Å². The summed E-state index contributed by atoms with van der Waals surface area (Å²) in [4.78, 5) is 15.3. The van der Waals surface area contributed by atoms with Crippen molar-refractivity contribution < 1.29 is 19.7 Å². The van der Waals surface area contributed by atoms with Gasteiger partial charge in [0, 0.05) is 19.8 Å². The van der Waals surface area contributed by atoms with Crippen LogP contribution in [0.4, 0.5) is 5.69 Å². The van der Waals surface area contributed by atoms with Crippen LogP contribution in [0, 0.1) is 0 Å². The number of aromatic carboxylic acids is 1. The fourth-order valence-electron chi connectivity index (χ4n) is 1.86. The molecule has 20 heavy (non-hydrogen) atoms. The molecular formula is C12H16N4O4. The molecule has 108 valence electrons. The van der Waals surface area contributed by atoms with Gasteiger partial charge in [-0.05, 0) is 0 Å². The summed E-state index contributed by atoms with van der Waals surface area (Å²) in [5.41, 5.74) is 1.17. The molecule has 0 saturated heterocycles. The Kier molecular flexibility index (Phi) is 4.49. The van der Waals surface area contributed by atoms with Gasteiger partial charge in [-0.2, -0.15) is 5.10 Å². The zero-order valence-electron chi connectivity index (χ0n) is 11.0. The molecule has 0 amide bonds. The Morgan fingerprint density at radius 3 is 2.95 bits per heavy atom. The molecule has 0 aliphatic rings. The molecule has 0 aliphatic heterocycles. The van der Waals surface area contributed by atoms with E-state index >= 15 is 0 Å². The number of aryl methyl sites for hydroxylation is 1. The molecule has 0 radical (unpaired) electrons. The van der Waals surface area contributed by atoms with E-state index in [1.54, 1.807) is 17.9 Å². The summed E-state index contributed by atoms with van der Waals surface area (Å²) in [7, 11) is 1.74. The molecule has 0 spiro atoms. The number of anilines is 1. The van der Waals surface area contributed by atoms with Crippen LogP contribution in [0.15, 0.2) is 12.4 Å². The van der Waals surface area contributed by atoms with Crippen LogP contribution in [0.3, 0.4) is 0 Å². The van der Waals surface area contributed by atoms with E-state index in [1.165, 1.54) is 6.20 Å². The third-order valence-electron chi connectivity index (χ3n) is 2.78. The average molecular weight is 280 g/mol. The summed E-state index contributed by atoms with van der Waals surface area (Å²) >= 11 is 0. The van der Waals surface area contributed by atoms with Crippen LogP contribution >= 0.6 is 0 Å². The molecule has 0 bridgehead atoms. The van der Waals surface area contributed by atoms with Gasteiger partial charge in [0.1, 0.15) is 5.56 Å². The van der Waals surface area contributed by atoms with Crippen molar-refractivity contribution in [2.45, 2.75) is 0 Å². The largest absolute Gasteiger partial charge is 0.478 e. The second-order valence-electron chi connectivity index (χ2n) is 4.12. The van der Waals surface area contributed by atoms with Crippen molar-refractivity contribution in [2.75, 3.05) is 31.7 Å². The summed E-state index contributed by atoms with van der Waals surface area (Å²) in [5, 5.41) is 25.6. The Bertz CT molecular complexity index is 611. The Balaban J connectivity index is 2.23. The van der Waals surface area contributed by atoms with Gasteiger partial charge in [-0.3, -0.25) is 4.68 Å². The van der Waals surface area contributed by atoms with E-state index in [4.69, 9.17) is 9.84 Å². The molecule has 0 aliphatic carbocycles. The van der Waals surface area contributed by atoms with Gasteiger partial charge in [0.15, 0.2) is 5.65 Å². The Labute approximate surface area is 115 Å². The quantitative estimate of drug-likeness (QED) is 0.616. The Morgan fingerprint density at radius 1 is 1.45 bits per heavy atom. The zero-order valence-corrected chi connectivity index (χ0v) is 11.0. The van der Waals surface area contributed by atoms with Crippen molar-refractivity contribution in [3.8, 4) is 0 Å². The molecule has 2 aromatic heterocycles. The van der Waals surface area contributed by atoms with Gasteiger partial charge in [-0.25, -0.2) is 9.78 Å². The maximum atomic E-state index is 11.2. The number of carboxylic acids is 1. The normalized spacial score (nSPS) is 10.9. The highest BCUT2D eigenvalue weighted by molar-refractivity contribution is 6.03. The number of rotatable bonds is 7. The fraction of sp³-hybridized carbons (Fsp3) is 0.417. The van der Waals surface area contributed by atoms with E-state index in [9.17, 15) is 9.90 Å². The number of pyridine rings is 1. The molecule has 0 aromatic carbocycles. The van der Waals surface area contributed by atoms with E-state index in [0.717, 1.165) is 0 Å². The smallest absolute Gasteiger partial charge is 0.339 e. The number of aromatic nitrogens is 3. The number of nitrogens with zero attached hydrogens (tertiary/aromatic N) is 3. The SMILES string of the molecule is Cn1ncc2c(NCCOCCO)c(C(=O)O)cnc21. The van der Waals surface area contributed by atoms with Crippen LogP contribution < -0.4 is 5.32 Å². The molecule has 0 atom stereocenters. The van der Waals surface area contributed by atoms with Crippen LogP contribution in [0.1, 0.15) is 10.4 Å². The summed E-state index contributed by atoms with van der Waals surface area (Å²) in [5.74, 6) is -1.05. The van der Waals surface area contributed by atoms with Crippen molar-refractivity contribution >= 4 is 22.7 Å². The zero-order chi connectivity index (χ0) is 14.5. The number of ether oxygens (including phenoxy) is 1. The molecule has 8 nitrogen and oxygen atoms in total. The Morgan fingerprint density at radius 2 is 2.25 bits per heavy atom. The second kappa shape index (κ2) is 6.31. The van der Waals surface area contributed by atoms with Crippen LogP contribution in [-0.4, -0.2) is 57.3 Å². The molecule has 2 rings (SSSR count). The minimum atomic E-state index is -1.05. The van der Waals surface area contributed by atoms with Gasteiger partial charge >= 0.3 is 5.97 Å². The topological polar surface area (TPSA) is 110 Å². The van der Waals surface area contributed by atoms with E-state index in [0.29, 0.717) is 29.9 Å². The minimum Gasteiger partial charge on any atom is -0.478 e. The lowest BCUT2D eigenvalue weighted by Crippen LogP contribution is -2.14. The van der Waals surface area contributed by atoms with Crippen LogP contribution in [0.2, 0.25) is 0 Å². The first-order valence-electron chi connectivity index (χ1n) is 6.11. The predicted molar refractivity (Wildman–Crippen MR) is 71.9 cm³/mol. The number of aliphatic hydroxyl groups excluding tert-OH is 1. The first kappa shape index (κ1) is 14.2. The second-order valence-corrected chi connectivity index (χ2v) is 4.12. The first-order chi connectivity index (χ1) is 9.65. The minimum absolute atomic E-state index is 0.0392. The van der Waals surface area contributed by atoms with Crippen LogP contribution in [-0.2, 0) is 11.8 Å². The third-order valence-corrected chi connectivity index (χ3v) is 2.78. The van der Waals surface area contributed by atoms with Gasteiger partial charge in [-0.15, -0.1) is 0 Å². The summed E-state index contributed by atoms with van der Waals surface area (Å²) in [6, 6.07) is 0.